The number of hydrogen-bond acceptors (Lipinski definition) is 7. The molecule has 0 unspecified atom stereocenters. The summed E-state index contributed by atoms with van der Waals surface area (Å²) in [6.07, 6.45) is 8.44. The number of fused-ring (bicyclic) bond motifs is 1. The van der Waals surface area contributed by atoms with Gasteiger partial charge in [0.2, 0.25) is 0 Å². The molecule has 0 aliphatic heterocycles. The third kappa shape index (κ3) is 3.15. The zero-order valence-electron chi connectivity index (χ0n) is 13.1. The molecule has 0 spiro atoms. The first kappa shape index (κ1) is 15.6. The fraction of sp³-hybridized carbons (Fsp3) is 0. The normalized spacial score (nSPS) is 10.7. The van der Waals surface area contributed by atoms with Crippen LogP contribution in [0.4, 0.5) is 10.2 Å². The van der Waals surface area contributed by atoms with E-state index in [-0.39, 0.29) is 12.8 Å². The maximum atomic E-state index is 13.0. The van der Waals surface area contributed by atoms with E-state index in [1.807, 2.05) is 0 Å². The van der Waals surface area contributed by atoms with Crippen molar-refractivity contribution in [1.29, 1.82) is 0 Å². The summed E-state index contributed by atoms with van der Waals surface area (Å²) < 4.78 is 20.2. The molecule has 0 atom stereocenters. The van der Waals surface area contributed by atoms with Crippen LogP contribution < -0.4 is 10.1 Å². The molecule has 9 nitrogen and oxygen atoms in total. The van der Waals surface area contributed by atoms with Crippen molar-refractivity contribution in [3.05, 3.63) is 67.0 Å². The van der Waals surface area contributed by atoms with Gasteiger partial charge in [-0.1, -0.05) is 0 Å². The van der Waals surface area contributed by atoms with Gasteiger partial charge >= 0.3 is 0 Å². The van der Waals surface area contributed by atoms with Crippen LogP contribution in [0, 0.1) is 5.82 Å². The second-order valence-electron chi connectivity index (χ2n) is 5.14. The standard InChI is InChI=1S/C16H10FN7O2.H2/c17-10-1-2-14(20-4-10)22-16(25)13-3-11(7-24-9-21-23-15(13)24)26-12-5-18-8-19-6-12;/h1-9H,(H,20,22,25);1H. The second-order valence-corrected chi connectivity index (χ2v) is 5.14. The molecular weight excluding hydrogens is 341 g/mol. The van der Waals surface area contributed by atoms with Crippen LogP contribution in [0.2, 0.25) is 0 Å². The maximum absolute atomic E-state index is 13.0. The van der Waals surface area contributed by atoms with E-state index in [0.29, 0.717) is 17.1 Å². The number of carbonyl (C=O) groups excluding carboxylic acids is 1. The summed E-state index contributed by atoms with van der Waals surface area (Å²) in [7, 11) is 0. The molecule has 0 fully saturated rings. The lowest BCUT2D eigenvalue weighted by Crippen LogP contribution is -2.14. The Morgan fingerprint density at radius 3 is 2.81 bits per heavy atom. The van der Waals surface area contributed by atoms with Crippen LogP contribution in [-0.2, 0) is 0 Å². The van der Waals surface area contributed by atoms with Crippen LogP contribution in [-0.4, -0.2) is 35.5 Å². The van der Waals surface area contributed by atoms with Crippen molar-refractivity contribution in [2.45, 2.75) is 0 Å². The molecule has 1 N–H and O–H groups in total. The van der Waals surface area contributed by atoms with Gasteiger partial charge in [0.15, 0.2) is 11.4 Å². The van der Waals surface area contributed by atoms with E-state index in [1.54, 1.807) is 10.6 Å². The van der Waals surface area contributed by atoms with Gasteiger partial charge in [0.05, 0.1) is 30.4 Å². The second kappa shape index (κ2) is 6.51. The zero-order valence-corrected chi connectivity index (χ0v) is 13.1. The largest absolute Gasteiger partial charge is 0.453 e. The summed E-state index contributed by atoms with van der Waals surface area (Å²) >= 11 is 0. The van der Waals surface area contributed by atoms with Gasteiger partial charge in [0.25, 0.3) is 5.91 Å². The minimum atomic E-state index is -0.497. The van der Waals surface area contributed by atoms with Crippen molar-refractivity contribution >= 4 is 17.4 Å². The van der Waals surface area contributed by atoms with Crippen molar-refractivity contribution in [3.8, 4) is 11.5 Å². The van der Waals surface area contributed by atoms with Crippen LogP contribution in [0.15, 0.2) is 55.6 Å². The highest BCUT2D eigenvalue weighted by molar-refractivity contribution is 6.08. The van der Waals surface area contributed by atoms with Gasteiger partial charge in [0, 0.05) is 1.43 Å². The number of anilines is 1. The van der Waals surface area contributed by atoms with Crippen LogP contribution in [0.5, 0.6) is 11.5 Å². The number of carbonyl (C=O) groups is 1. The Balaban J connectivity index is 0.00000210. The van der Waals surface area contributed by atoms with Crippen LogP contribution in [0.1, 0.15) is 11.8 Å². The Hall–Kier alpha value is -3.95. The number of amides is 1. The lowest BCUT2D eigenvalue weighted by Gasteiger charge is -2.09. The third-order valence-electron chi connectivity index (χ3n) is 3.35. The third-order valence-corrected chi connectivity index (χ3v) is 3.35. The highest BCUT2D eigenvalue weighted by Gasteiger charge is 2.16. The first-order valence-corrected chi connectivity index (χ1v) is 7.38. The van der Waals surface area contributed by atoms with Gasteiger partial charge in [-0.2, -0.15) is 0 Å². The van der Waals surface area contributed by atoms with Gasteiger partial charge < -0.3 is 10.1 Å². The molecule has 4 aromatic rings. The van der Waals surface area contributed by atoms with E-state index in [2.05, 4.69) is 30.5 Å². The van der Waals surface area contributed by atoms with Crippen molar-refractivity contribution in [2.24, 2.45) is 0 Å². The number of hydrogen-bond donors (Lipinski definition) is 1. The summed E-state index contributed by atoms with van der Waals surface area (Å²) in [5.74, 6) is -0.00663. The Morgan fingerprint density at radius 2 is 2.04 bits per heavy atom. The van der Waals surface area contributed by atoms with Crippen molar-refractivity contribution < 1.29 is 15.3 Å². The fourth-order valence-corrected chi connectivity index (χ4v) is 2.24. The van der Waals surface area contributed by atoms with Gasteiger partial charge in [-0.3, -0.25) is 9.20 Å². The zero-order chi connectivity index (χ0) is 17.9. The Labute approximate surface area is 147 Å². The maximum Gasteiger partial charge on any atom is 0.260 e. The van der Waals surface area contributed by atoms with E-state index in [9.17, 15) is 9.18 Å². The van der Waals surface area contributed by atoms with E-state index in [4.69, 9.17) is 4.74 Å². The summed E-state index contributed by atoms with van der Waals surface area (Å²) in [4.78, 5) is 24.1. The number of aromatic nitrogens is 6. The topological polar surface area (TPSA) is 107 Å². The minimum absolute atomic E-state index is 0. The van der Waals surface area contributed by atoms with Crippen LogP contribution >= 0.6 is 0 Å². The average Bonchev–Trinajstić information content (AvgIpc) is 3.12. The van der Waals surface area contributed by atoms with E-state index >= 15 is 0 Å². The van der Waals surface area contributed by atoms with Crippen molar-refractivity contribution in [3.63, 3.8) is 0 Å². The molecule has 1 amide bonds. The lowest BCUT2D eigenvalue weighted by molar-refractivity contribution is 0.102. The van der Waals surface area contributed by atoms with Crippen molar-refractivity contribution in [2.75, 3.05) is 5.32 Å². The average molecular weight is 353 g/mol. The number of halogens is 1. The molecule has 0 saturated heterocycles. The summed E-state index contributed by atoms with van der Waals surface area (Å²) in [6, 6.07) is 4.07. The lowest BCUT2D eigenvalue weighted by atomic mass is 10.2. The van der Waals surface area contributed by atoms with Gasteiger partial charge in [0.1, 0.15) is 30.0 Å². The highest BCUT2D eigenvalue weighted by Crippen LogP contribution is 2.23. The first-order valence-electron chi connectivity index (χ1n) is 7.38. The molecule has 4 heterocycles. The minimum Gasteiger partial charge on any atom is -0.453 e. The van der Waals surface area contributed by atoms with Gasteiger partial charge in [-0.15, -0.1) is 10.2 Å². The SMILES string of the molecule is O=C(Nc1ccc(F)cn1)c1cc(Oc2cncnc2)cn2cnnc12.[HH]. The van der Waals surface area contributed by atoms with Crippen molar-refractivity contribution in [1.82, 2.24) is 29.5 Å². The highest BCUT2D eigenvalue weighted by atomic mass is 19.1. The molecule has 4 rings (SSSR count). The molecule has 26 heavy (non-hydrogen) atoms. The van der Waals surface area contributed by atoms with Crippen LogP contribution in [0.3, 0.4) is 0 Å². The van der Waals surface area contributed by atoms with E-state index in [0.717, 1.165) is 6.20 Å². The monoisotopic (exact) mass is 353 g/mol. The smallest absolute Gasteiger partial charge is 0.260 e. The molecule has 0 bridgehead atoms. The predicted molar refractivity (Wildman–Crippen MR) is 89.4 cm³/mol. The number of nitrogens with zero attached hydrogens (tertiary/aromatic N) is 6. The number of nitrogens with one attached hydrogen (secondary N) is 1. The molecule has 130 valence electrons. The quantitative estimate of drug-likeness (QED) is 0.600. The number of pyridine rings is 2. The Morgan fingerprint density at radius 1 is 1.19 bits per heavy atom. The number of rotatable bonds is 4. The number of ether oxygens (including phenoxy) is 1. The summed E-state index contributed by atoms with van der Waals surface area (Å²) in [6.45, 7) is 0. The molecular formula is C16H12FN7O2. The van der Waals surface area contributed by atoms with Gasteiger partial charge in [-0.25, -0.2) is 19.3 Å². The first-order chi connectivity index (χ1) is 12.7. The molecule has 0 saturated carbocycles. The molecule has 0 aromatic carbocycles. The molecule has 0 radical (unpaired) electrons. The van der Waals surface area contributed by atoms with E-state index in [1.165, 1.54) is 43.2 Å². The predicted octanol–water partition coefficient (Wildman–Crippen LogP) is 2.34. The van der Waals surface area contributed by atoms with E-state index < -0.39 is 11.7 Å². The Kier molecular flexibility index (Phi) is 3.90. The molecule has 0 aliphatic carbocycles. The molecule has 0 aliphatic rings. The summed E-state index contributed by atoms with van der Waals surface area (Å²) in [5.41, 5.74) is 0.546. The molecule has 10 heteroatoms. The van der Waals surface area contributed by atoms with Gasteiger partial charge in [-0.05, 0) is 18.2 Å². The summed E-state index contributed by atoms with van der Waals surface area (Å²) in [5, 5.41) is 10.3. The molecule has 4 aromatic heterocycles. The Bertz CT molecular complexity index is 1070. The fourth-order valence-electron chi connectivity index (χ4n) is 2.24. The van der Waals surface area contributed by atoms with Crippen LogP contribution in [0.25, 0.3) is 5.65 Å².